The second-order valence-electron chi connectivity index (χ2n) is 4.63. The third-order valence-corrected chi connectivity index (χ3v) is 3.15. The molecule has 0 aliphatic heterocycles. The van der Waals surface area contributed by atoms with Gasteiger partial charge in [0.05, 0.1) is 18.7 Å². The quantitative estimate of drug-likeness (QED) is 0.887. The molecule has 1 saturated carbocycles. The van der Waals surface area contributed by atoms with Crippen LogP contribution in [0.2, 0.25) is 0 Å². The molecule has 0 atom stereocenters. The third kappa shape index (κ3) is 2.38. The predicted octanol–water partition coefficient (Wildman–Crippen LogP) is 1.83. The van der Waals surface area contributed by atoms with E-state index in [9.17, 15) is 5.11 Å². The molecule has 18 heavy (non-hydrogen) atoms. The van der Waals surface area contributed by atoms with Gasteiger partial charge < -0.3 is 5.11 Å². The van der Waals surface area contributed by atoms with Gasteiger partial charge in [-0.3, -0.25) is 4.98 Å². The molecule has 1 N–H and O–H groups in total. The van der Waals surface area contributed by atoms with Gasteiger partial charge in [-0.05, 0) is 25.0 Å². The summed E-state index contributed by atoms with van der Waals surface area (Å²) in [4.78, 5) is 13.2. The zero-order valence-corrected chi connectivity index (χ0v) is 10.1. The molecular weight excluding hydrogens is 226 g/mol. The van der Waals surface area contributed by atoms with Crippen molar-refractivity contribution in [2.75, 3.05) is 0 Å². The van der Waals surface area contributed by atoms with E-state index in [1.165, 1.54) is 12.8 Å². The molecule has 0 unspecified atom stereocenters. The lowest BCUT2D eigenvalue weighted by molar-refractivity contribution is 0.279. The maximum absolute atomic E-state index is 9.28. The summed E-state index contributed by atoms with van der Waals surface area (Å²) in [5.74, 6) is 1.31. The SMILES string of the molecule is OCc1cnc(Cc2ccccn2)nc1C1CC1. The van der Waals surface area contributed by atoms with Crippen LogP contribution in [0.3, 0.4) is 0 Å². The van der Waals surface area contributed by atoms with Gasteiger partial charge in [0, 0.05) is 29.6 Å². The van der Waals surface area contributed by atoms with Gasteiger partial charge in [0.25, 0.3) is 0 Å². The van der Waals surface area contributed by atoms with Crippen LogP contribution in [-0.2, 0) is 13.0 Å². The van der Waals surface area contributed by atoms with Gasteiger partial charge in [0.15, 0.2) is 0 Å². The molecule has 1 aliphatic rings. The van der Waals surface area contributed by atoms with Gasteiger partial charge in [-0.25, -0.2) is 9.97 Å². The Hall–Kier alpha value is -1.81. The zero-order chi connectivity index (χ0) is 12.4. The van der Waals surface area contributed by atoms with Crippen molar-refractivity contribution in [3.8, 4) is 0 Å². The van der Waals surface area contributed by atoms with Crippen LogP contribution in [0, 0.1) is 0 Å². The molecule has 0 spiro atoms. The third-order valence-electron chi connectivity index (χ3n) is 3.15. The monoisotopic (exact) mass is 241 g/mol. The lowest BCUT2D eigenvalue weighted by atomic mass is 10.1. The highest BCUT2D eigenvalue weighted by Gasteiger charge is 2.28. The summed E-state index contributed by atoms with van der Waals surface area (Å²) in [6.07, 6.45) is 6.52. The average Bonchev–Trinajstić information content (AvgIpc) is 3.24. The summed E-state index contributed by atoms with van der Waals surface area (Å²) in [5, 5.41) is 9.28. The van der Waals surface area contributed by atoms with Gasteiger partial charge in [-0.2, -0.15) is 0 Å². The maximum Gasteiger partial charge on any atom is 0.134 e. The van der Waals surface area contributed by atoms with E-state index in [0.717, 1.165) is 22.8 Å². The molecule has 3 rings (SSSR count). The summed E-state index contributed by atoms with van der Waals surface area (Å²) in [6.45, 7) is 0.0235. The maximum atomic E-state index is 9.28. The molecule has 2 aromatic rings. The van der Waals surface area contributed by atoms with Crippen LogP contribution in [-0.4, -0.2) is 20.1 Å². The smallest absolute Gasteiger partial charge is 0.134 e. The second-order valence-corrected chi connectivity index (χ2v) is 4.63. The second kappa shape index (κ2) is 4.82. The normalized spacial score (nSPS) is 14.7. The number of pyridine rings is 1. The number of nitrogens with zero attached hydrogens (tertiary/aromatic N) is 3. The van der Waals surface area contributed by atoms with E-state index in [1.54, 1.807) is 12.4 Å². The van der Waals surface area contributed by atoms with Crippen molar-refractivity contribution < 1.29 is 5.11 Å². The highest BCUT2D eigenvalue weighted by molar-refractivity contribution is 5.25. The standard InChI is InChI=1S/C14H15N3O/c18-9-11-8-16-13(17-14(11)10-4-5-10)7-12-3-1-2-6-15-12/h1-3,6,8,10,18H,4-5,7,9H2. The number of hydrogen-bond acceptors (Lipinski definition) is 4. The van der Waals surface area contributed by atoms with Crippen molar-refractivity contribution in [3.05, 3.63) is 53.4 Å². The molecule has 4 nitrogen and oxygen atoms in total. The topological polar surface area (TPSA) is 58.9 Å². The molecule has 4 heteroatoms. The predicted molar refractivity (Wildman–Crippen MR) is 67.0 cm³/mol. The molecule has 2 aromatic heterocycles. The van der Waals surface area contributed by atoms with E-state index in [-0.39, 0.29) is 6.61 Å². The van der Waals surface area contributed by atoms with Crippen molar-refractivity contribution >= 4 is 0 Å². The van der Waals surface area contributed by atoms with E-state index < -0.39 is 0 Å². The van der Waals surface area contributed by atoms with Gasteiger partial charge in [-0.1, -0.05) is 6.07 Å². The largest absolute Gasteiger partial charge is 0.392 e. The van der Waals surface area contributed by atoms with Crippen LogP contribution in [0.4, 0.5) is 0 Å². The summed E-state index contributed by atoms with van der Waals surface area (Å²) < 4.78 is 0. The first-order chi connectivity index (χ1) is 8.86. The number of aliphatic hydroxyl groups excluding tert-OH is 1. The summed E-state index contributed by atoms with van der Waals surface area (Å²) in [7, 11) is 0. The summed E-state index contributed by atoms with van der Waals surface area (Å²) in [5.41, 5.74) is 2.86. The highest BCUT2D eigenvalue weighted by Crippen LogP contribution is 2.40. The van der Waals surface area contributed by atoms with E-state index in [1.807, 2.05) is 18.2 Å². The van der Waals surface area contributed by atoms with Crippen LogP contribution >= 0.6 is 0 Å². The molecule has 0 amide bonds. The van der Waals surface area contributed by atoms with Gasteiger partial charge in [0.2, 0.25) is 0 Å². The molecule has 1 aliphatic carbocycles. The van der Waals surface area contributed by atoms with Crippen LogP contribution in [0.5, 0.6) is 0 Å². The highest BCUT2D eigenvalue weighted by atomic mass is 16.3. The Kier molecular flexibility index (Phi) is 3.02. The molecule has 0 radical (unpaired) electrons. The Bertz CT molecular complexity index is 538. The Morgan fingerprint density at radius 1 is 1.22 bits per heavy atom. The Labute approximate surface area is 106 Å². The fourth-order valence-electron chi connectivity index (χ4n) is 2.04. The molecule has 2 heterocycles. The number of hydrogen-bond donors (Lipinski definition) is 1. The zero-order valence-electron chi connectivity index (χ0n) is 10.1. The Balaban J connectivity index is 1.86. The fourth-order valence-corrected chi connectivity index (χ4v) is 2.04. The van der Waals surface area contributed by atoms with E-state index in [2.05, 4.69) is 15.0 Å². The first-order valence-electron chi connectivity index (χ1n) is 6.22. The molecule has 1 fully saturated rings. The minimum absolute atomic E-state index is 0.0235. The Morgan fingerprint density at radius 3 is 2.78 bits per heavy atom. The first-order valence-corrected chi connectivity index (χ1v) is 6.22. The van der Waals surface area contributed by atoms with Crippen molar-refractivity contribution in [1.82, 2.24) is 15.0 Å². The summed E-state index contributed by atoms with van der Waals surface area (Å²) in [6, 6.07) is 5.83. The van der Waals surface area contributed by atoms with Crippen molar-refractivity contribution in [3.63, 3.8) is 0 Å². The van der Waals surface area contributed by atoms with Crippen LogP contribution in [0.25, 0.3) is 0 Å². The number of aliphatic hydroxyl groups is 1. The van der Waals surface area contributed by atoms with Crippen molar-refractivity contribution in [1.29, 1.82) is 0 Å². The molecule has 0 saturated heterocycles. The first kappa shape index (κ1) is 11.3. The van der Waals surface area contributed by atoms with E-state index in [0.29, 0.717) is 12.3 Å². The molecule has 0 bridgehead atoms. The van der Waals surface area contributed by atoms with Gasteiger partial charge in [0.1, 0.15) is 5.82 Å². The fraction of sp³-hybridized carbons (Fsp3) is 0.357. The molecule has 92 valence electrons. The van der Waals surface area contributed by atoms with Gasteiger partial charge >= 0.3 is 0 Å². The average molecular weight is 241 g/mol. The van der Waals surface area contributed by atoms with Crippen molar-refractivity contribution in [2.24, 2.45) is 0 Å². The Morgan fingerprint density at radius 2 is 2.11 bits per heavy atom. The van der Waals surface area contributed by atoms with E-state index in [4.69, 9.17) is 0 Å². The minimum atomic E-state index is 0.0235. The van der Waals surface area contributed by atoms with Gasteiger partial charge in [-0.15, -0.1) is 0 Å². The van der Waals surface area contributed by atoms with E-state index >= 15 is 0 Å². The van der Waals surface area contributed by atoms with Crippen LogP contribution in [0.15, 0.2) is 30.6 Å². The van der Waals surface area contributed by atoms with Crippen LogP contribution < -0.4 is 0 Å². The van der Waals surface area contributed by atoms with Crippen LogP contribution in [0.1, 0.15) is 41.5 Å². The number of rotatable bonds is 4. The minimum Gasteiger partial charge on any atom is -0.392 e. The molecular formula is C14H15N3O. The lowest BCUT2D eigenvalue weighted by Gasteiger charge is -2.07. The van der Waals surface area contributed by atoms with Crippen molar-refractivity contribution in [2.45, 2.75) is 31.8 Å². The number of aromatic nitrogens is 3. The lowest BCUT2D eigenvalue weighted by Crippen LogP contribution is -2.05. The molecule has 0 aromatic carbocycles. The summed E-state index contributed by atoms with van der Waals surface area (Å²) >= 11 is 0.